The van der Waals surface area contributed by atoms with Crippen LogP contribution in [0.3, 0.4) is 0 Å². The molecule has 4 rings (SSSR count). The zero-order valence-electron chi connectivity index (χ0n) is 16.3. The van der Waals surface area contributed by atoms with Gasteiger partial charge in [-0.1, -0.05) is 48.5 Å². The Morgan fingerprint density at radius 3 is 1.94 bits per heavy atom. The normalized spacial score (nSPS) is 11.0. The van der Waals surface area contributed by atoms with Crippen LogP contribution in [0.25, 0.3) is 21.5 Å². The van der Waals surface area contributed by atoms with Gasteiger partial charge in [0.15, 0.2) is 0 Å². The summed E-state index contributed by atoms with van der Waals surface area (Å²) < 4.78 is 0. The van der Waals surface area contributed by atoms with Gasteiger partial charge < -0.3 is 11.1 Å². The number of hydrogen-bond donors (Lipinski definition) is 3. The van der Waals surface area contributed by atoms with Crippen LogP contribution in [0.15, 0.2) is 84.0 Å². The summed E-state index contributed by atoms with van der Waals surface area (Å²) in [5.41, 5.74) is 8.93. The number of rotatable bonds is 4. The van der Waals surface area contributed by atoms with Gasteiger partial charge in [0.25, 0.3) is 0 Å². The van der Waals surface area contributed by atoms with Crippen molar-refractivity contribution in [2.45, 2.75) is 0 Å². The third-order valence-electron chi connectivity index (χ3n) is 4.81. The molecule has 0 saturated heterocycles. The number of benzene rings is 4. The van der Waals surface area contributed by atoms with Gasteiger partial charge in [0.05, 0.1) is 6.21 Å². The van der Waals surface area contributed by atoms with Gasteiger partial charge in [-0.05, 0) is 51.9 Å². The van der Waals surface area contributed by atoms with Crippen LogP contribution in [0.2, 0.25) is 0 Å². The summed E-state index contributed by atoms with van der Waals surface area (Å²) in [6.07, 6.45) is 1.54. The van der Waals surface area contributed by atoms with Crippen LogP contribution in [0.1, 0.15) is 15.9 Å². The van der Waals surface area contributed by atoms with E-state index in [0.717, 1.165) is 27.1 Å². The number of fused-ring (bicyclic) bond motifs is 2. The Hall–Kier alpha value is -4.52. The van der Waals surface area contributed by atoms with Crippen LogP contribution in [0, 0.1) is 0 Å². The fourth-order valence-corrected chi connectivity index (χ4v) is 3.30. The van der Waals surface area contributed by atoms with Gasteiger partial charge in [0.1, 0.15) is 0 Å². The second-order valence-corrected chi connectivity index (χ2v) is 6.83. The molecule has 4 aromatic rings. The van der Waals surface area contributed by atoms with Crippen LogP contribution >= 0.6 is 0 Å². The monoisotopic (exact) mass is 410 g/mol. The van der Waals surface area contributed by atoms with Gasteiger partial charge in [-0.3, -0.25) is 14.4 Å². The van der Waals surface area contributed by atoms with Gasteiger partial charge >= 0.3 is 11.8 Å². The number of nitrogens with one attached hydrogen (secondary N) is 2. The minimum Gasteiger partial charge on any atom is -0.366 e. The first-order chi connectivity index (χ1) is 15.0. The molecule has 4 aromatic carbocycles. The molecule has 0 saturated carbocycles. The Kier molecular flexibility index (Phi) is 5.40. The lowest BCUT2D eigenvalue weighted by molar-refractivity contribution is -0.136. The maximum atomic E-state index is 12.1. The van der Waals surface area contributed by atoms with Crippen LogP contribution in [0.5, 0.6) is 0 Å². The Morgan fingerprint density at radius 1 is 0.774 bits per heavy atom. The zero-order valence-corrected chi connectivity index (χ0v) is 16.3. The lowest BCUT2D eigenvalue weighted by Crippen LogP contribution is -2.32. The van der Waals surface area contributed by atoms with Crippen LogP contribution < -0.4 is 16.5 Å². The average molecular weight is 410 g/mol. The number of amides is 3. The van der Waals surface area contributed by atoms with Gasteiger partial charge in [-0.2, -0.15) is 5.10 Å². The molecule has 0 atom stereocenters. The molecular weight excluding hydrogens is 392 g/mol. The summed E-state index contributed by atoms with van der Waals surface area (Å²) in [5.74, 6) is -2.38. The van der Waals surface area contributed by atoms with Crippen LogP contribution in [0.4, 0.5) is 5.69 Å². The average Bonchev–Trinajstić information content (AvgIpc) is 2.78. The van der Waals surface area contributed by atoms with Crippen molar-refractivity contribution in [3.63, 3.8) is 0 Å². The zero-order chi connectivity index (χ0) is 21.8. The van der Waals surface area contributed by atoms with E-state index in [1.165, 1.54) is 30.5 Å². The number of hydrogen-bond acceptors (Lipinski definition) is 4. The first kappa shape index (κ1) is 19.8. The standard InChI is InChI=1S/C24H18N4O3/c25-22(29)15-9-11-18(12-10-15)27-23(30)24(31)28-26-14-21-19-7-3-1-5-16(19)13-17-6-2-4-8-20(17)21/h1-14H,(H2,25,29)(H,27,30)(H,28,31). The molecule has 4 N–H and O–H groups in total. The molecule has 3 amide bonds. The molecule has 0 unspecified atom stereocenters. The Balaban J connectivity index is 1.51. The molecule has 7 heteroatoms. The highest BCUT2D eigenvalue weighted by Gasteiger charge is 2.13. The molecule has 0 aliphatic heterocycles. The lowest BCUT2D eigenvalue weighted by Gasteiger charge is -2.08. The Labute approximate surface area is 177 Å². The third kappa shape index (κ3) is 4.25. The van der Waals surface area contributed by atoms with Crippen molar-refractivity contribution in [3.8, 4) is 0 Å². The SMILES string of the molecule is NC(=O)c1ccc(NC(=O)C(=O)NN=Cc2c3ccccc3cc3ccccc23)cc1. The molecule has 152 valence electrons. The lowest BCUT2D eigenvalue weighted by atomic mass is 9.97. The number of nitrogens with zero attached hydrogens (tertiary/aromatic N) is 1. The molecular formula is C24H18N4O3. The van der Waals surface area contributed by atoms with Crippen LogP contribution in [-0.2, 0) is 9.59 Å². The second-order valence-electron chi connectivity index (χ2n) is 6.83. The quantitative estimate of drug-likeness (QED) is 0.208. The number of hydrazone groups is 1. The van der Waals surface area contributed by atoms with E-state index in [1.54, 1.807) is 0 Å². The molecule has 0 bridgehead atoms. The van der Waals surface area contributed by atoms with Crippen LogP contribution in [-0.4, -0.2) is 23.9 Å². The van der Waals surface area contributed by atoms with E-state index in [9.17, 15) is 14.4 Å². The molecule has 0 fully saturated rings. The van der Waals surface area contributed by atoms with Crippen molar-refractivity contribution in [3.05, 3.63) is 90.0 Å². The number of anilines is 1. The molecule has 0 aromatic heterocycles. The summed E-state index contributed by atoms with van der Waals surface area (Å²) in [7, 11) is 0. The summed E-state index contributed by atoms with van der Waals surface area (Å²) in [4.78, 5) is 35.3. The number of nitrogens with two attached hydrogens (primary N) is 1. The minimum absolute atomic E-state index is 0.300. The van der Waals surface area contributed by atoms with E-state index in [1.807, 2.05) is 48.5 Å². The largest absolute Gasteiger partial charge is 0.366 e. The highest BCUT2D eigenvalue weighted by Crippen LogP contribution is 2.27. The fourth-order valence-electron chi connectivity index (χ4n) is 3.30. The molecule has 0 spiro atoms. The van der Waals surface area contributed by atoms with E-state index in [4.69, 9.17) is 5.73 Å². The first-order valence-corrected chi connectivity index (χ1v) is 9.47. The molecule has 31 heavy (non-hydrogen) atoms. The van der Waals surface area contributed by atoms with Gasteiger partial charge in [-0.15, -0.1) is 0 Å². The van der Waals surface area contributed by atoms with Crippen molar-refractivity contribution in [2.24, 2.45) is 10.8 Å². The van der Waals surface area contributed by atoms with Gasteiger partial charge in [0, 0.05) is 16.8 Å². The molecule has 0 radical (unpaired) electrons. The molecule has 0 aliphatic carbocycles. The van der Waals surface area contributed by atoms with E-state index < -0.39 is 17.7 Å². The number of carbonyl (C=O) groups excluding carboxylic acids is 3. The topological polar surface area (TPSA) is 114 Å². The summed E-state index contributed by atoms with van der Waals surface area (Å²) in [5, 5.41) is 10.5. The highest BCUT2D eigenvalue weighted by atomic mass is 16.2. The Morgan fingerprint density at radius 2 is 1.35 bits per heavy atom. The molecule has 0 aliphatic rings. The first-order valence-electron chi connectivity index (χ1n) is 9.47. The van der Waals surface area contributed by atoms with Crippen molar-refractivity contribution in [1.29, 1.82) is 0 Å². The number of carbonyl (C=O) groups is 3. The summed E-state index contributed by atoms with van der Waals surface area (Å²) in [6, 6.07) is 23.7. The molecule has 7 nitrogen and oxygen atoms in total. The predicted octanol–water partition coefficient (Wildman–Crippen LogP) is 3.18. The third-order valence-corrected chi connectivity index (χ3v) is 4.81. The van der Waals surface area contributed by atoms with Crippen molar-refractivity contribution in [1.82, 2.24) is 5.43 Å². The predicted molar refractivity (Wildman–Crippen MR) is 121 cm³/mol. The fraction of sp³-hybridized carbons (Fsp3) is 0. The van der Waals surface area contributed by atoms with Crippen molar-refractivity contribution >= 4 is 51.2 Å². The smallest absolute Gasteiger partial charge is 0.329 e. The van der Waals surface area contributed by atoms with Gasteiger partial charge in [-0.25, -0.2) is 5.43 Å². The van der Waals surface area contributed by atoms with E-state index in [2.05, 4.69) is 21.9 Å². The summed E-state index contributed by atoms with van der Waals surface area (Å²) in [6.45, 7) is 0. The summed E-state index contributed by atoms with van der Waals surface area (Å²) >= 11 is 0. The maximum Gasteiger partial charge on any atom is 0.329 e. The minimum atomic E-state index is -0.917. The van der Waals surface area contributed by atoms with E-state index >= 15 is 0 Å². The van der Waals surface area contributed by atoms with E-state index in [0.29, 0.717) is 11.3 Å². The number of primary amides is 1. The van der Waals surface area contributed by atoms with E-state index in [-0.39, 0.29) is 0 Å². The Bertz CT molecular complexity index is 1290. The second kappa shape index (κ2) is 8.46. The maximum absolute atomic E-state index is 12.1. The van der Waals surface area contributed by atoms with Gasteiger partial charge in [0.2, 0.25) is 5.91 Å². The highest BCUT2D eigenvalue weighted by molar-refractivity contribution is 6.39. The van der Waals surface area contributed by atoms with Crippen molar-refractivity contribution in [2.75, 3.05) is 5.32 Å². The van der Waals surface area contributed by atoms with Crippen molar-refractivity contribution < 1.29 is 14.4 Å². The molecule has 0 heterocycles.